The fourth-order valence-electron chi connectivity index (χ4n) is 4.15. The molecule has 4 rings (SSSR count). The molecule has 178 valence electrons. The highest BCUT2D eigenvalue weighted by Gasteiger charge is 2.35. The number of aromatic nitrogens is 3. The van der Waals surface area contributed by atoms with Crippen LogP contribution in [0.3, 0.4) is 0 Å². The van der Waals surface area contributed by atoms with E-state index in [-0.39, 0.29) is 35.4 Å². The molecule has 3 N–H and O–H groups in total. The summed E-state index contributed by atoms with van der Waals surface area (Å²) in [6.07, 6.45) is 4.88. The van der Waals surface area contributed by atoms with Gasteiger partial charge in [0, 0.05) is 18.7 Å². The number of carbonyl (C=O) groups excluding carboxylic acids is 2. The van der Waals surface area contributed by atoms with Gasteiger partial charge >= 0.3 is 17.1 Å². The third kappa shape index (κ3) is 4.52. The van der Waals surface area contributed by atoms with Gasteiger partial charge in [0.2, 0.25) is 11.5 Å². The highest BCUT2D eigenvalue weighted by atomic mass is 16.5. The van der Waals surface area contributed by atoms with Gasteiger partial charge in [-0.2, -0.15) is 4.57 Å². The Hall–Kier alpha value is -3.14. The number of amides is 2. The fraction of sp³-hybridized carbons (Fsp3) is 0.565. The monoisotopic (exact) mass is 458 g/mol. The molecule has 0 spiro atoms. The van der Waals surface area contributed by atoms with E-state index in [9.17, 15) is 19.5 Å². The number of carbonyl (C=O) groups is 2. The van der Waals surface area contributed by atoms with Crippen LogP contribution in [0.1, 0.15) is 55.2 Å². The van der Waals surface area contributed by atoms with E-state index in [2.05, 4.69) is 10.4 Å². The number of hydrogen-bond donors (Lipinski definition) is 3. The van der Waals surface area contributed by atoms with Crippen molar-refractivity contribution < 1.29 is 24.0 Å². The molecule has 10 nitrogen and oxygen atoms in total. The summed E-state index contributed by atoms with van der Waals surface area (Å²) < 4.78 is 8.25. The Morgan fingerprint density at radius 2 is 2.09 bits per heavy atom. The Morgan fingerprint density at radius 1 is 1.36 bits per heavy atom. The summed E-state index contributed by atoms with van der Waals surface area (Å²) in [4.78, 5) is 40.5. The Labute approximate surface area is 191 Å². The first kappa shape index (κ1) is 23.0. The third-order valence-electron chi connectivity index (χ3n) is 6.02. The molecular formula is C23H32N5O5+. The number of aromatic hydroxyl groups is 1. The van der Waals surface area contributed by atoms with E-state index in [1.54, 1.807) is 22.5 Å². The Balaban J connectivity index is 1.80. The van der Waals surface area contributed by atoms with Gasteiger partial charge in [-0.05, 0) is 38.7 Å². The first-order chi connectivity index (χ1) is 15.7. The molecule has 2 aromatic rings. The maximum Gasteiger partial charge on any atom is 0.378 e. The van der Waals surface area contributed by atoms with Gasteiger partial charge in [0.1, 0.15) is 0 Å². The van der Waals surface area contributed by atoms with Crippen molar-refractivity contribution in [3.63, 3.8) is 0 Å². The number of aryl methyl sites for hydroxylation is 1. The molecule has 33 heavy (non-hydrogen) atoms. The van der Waals surface area contributed by atoms with E-state index in [1.165, 1.54) is 10.6 Å². The van der Waals surface area contributed by atoms with Crippen molar-refractivity contribution in [1.29, 1.82) is 0 Å². The molecule has 1 aliphatic carbocycles. The number of fused-ring (bicyclic) bond motifs is 1. The lowest BCUT2D eigenvalue weighted by Gasteiger charge is -2.32. The minimum Gasteiger partial charge on any atom is -0.477 e. The van der Waals surface area contributed by atoms with E-state index < -0.39 is 11.5 Å². The summed E-state index contributed by atoms with van der Waals surface area (Å²) in [5.41, 5.74) is 0.742. The molecule has 0 aromatic carbocycles. The van der Waals surface area contributed by atoms with Crippen molar-refractivity contribution in [2.75, 3.05) is 19.8 Å². The molecule has 1 aliphatic heterocycles. The number of aromatic amines is 1. The SMILES string of the molecule is Cc1[nH]n2c(=O)c(C(=O)NC3CC3)c(O)[n+](CC(C)C)c2c1/C=C/C(=O)N1CCOC[C@H]1C. The maximum absolute atomic E-state index is 13.2. The molecule has 0 unspecified atom stereocenters. The topological polar surface area (TPSA) is 120 Å². The molecule has 1 saturated heterocycles. The van der Waals surface area contributed by atoms with Gasteiger partial charge in [0.15, 0.2) is 0 Å². The van der Waals surface area contributed by atoms with Crippen LogP contribution in [0.5, 0.6) is 5.88 Å². The fourth-order valence-corrected chi connectivity index (χ4v) is 4.15. The van der Waals surface area contributed by atoms with Gasteiger partial charge in [0.25, 0.3) is 5.91 Å². The molecule has 0 bridgehead atoms. The number of nitrogens with zero attached hydrogens (tertiary/aromatic N) is 3. The van der Waals surface area contributed by atoms with Crippen molar-refractivity contribution >= 4 is 23.5 Å². The Bertz CT molecular complexity index is 1170. The van der Waals surface area contributed by atoms with Crippen LogP contribution in [0.25, 0.3) is 11.7 Å². The normalized spacial score (nSPS) is 19.1. The van der Waals surface area contributed by atoms with Crippen molar-refractivity contribution in [3.05, 3.63) is 33.3 Å². The summed E-state index contributed by atoms with van der Waals surface area (Å²) >= 11 is 0. The van der Waals surface area contributed by atoms with Crippen LogP contribution < -0.4 is 15.4 Å². The first-order valence-corrected chi connectivity index (χ1v) is 11.5. The molecule has 2 amide bonds. The van der Waals surface area contributed by atoms with E-state index in [1.807, 2.05) is 20.8 Å². The van der Waals surface area contributed by atoms with E-state index in [0.29, 0.717) is 43.2 Å². The lowest BCUT2D eigenvalue weighted by Crippen LogP contribution is -2.46. The molecule has 3 heterocycles. The van der Waals surface area contributed by atoms with Crippen molar-refractivity contribution in [3.8, 4) is 5.88 Å². The summed E-state index contributed by atoms with van der Waals surface area (Å²) in [5, 5.41) is 16.8. The largest absolute Gasteiger partial charge is 0.477 e. The van der Waals surface area contributed by atoms with Crippen LogP contribution in [0.4, 0.5) is 0 Å². The van der Waals surface area contributed by atoms with Gasteiger partial charge in [-0.1, -0.05) is 18.4 Å². The van der Waals surface area contributed by atoms with Gasteiger partial charge < -0.3 is 20.1 Å². The van der Waals surface area contributed by atoms with Crippen LogP contribution in [0, 0.1) is 12.8 Å². The highest BCUT2D eigenvalue weighted by Crippen LogP contribution is 2.22. The van der Waals surface area contributed by atoms with E-state index >= 15 is 0 Å². The predicted octanol–water partition coefficient (Wildman–Crippen LogP) is 0.738. The number of ether oxygens (including phenoxy) is 1. The van der Waals surface area contributed by atoms with Gasteiger partial charge in [0.05, 0.1) is 37.1 Å². The van der Waals surface area contributed by atoms with E-state index in [0.717, 1.165) is 12.8 Å². The quantitative estimate of drug-likeness (QED) is 0.436. The van der Waals surface area contributed by atoms with Gasteiger partial charge in [-0.3, -0.25) is 9.59 Å². The predicted molar refractivity (Wildman–Crippen MR) is 121 cm³/mol. The minimum atomic E-state index is -0.628. The maximum atomic E-state index is 13.2. The van der Waals surface area contributed by atoms with Crippen LogP contribution in [0.2, 0.25) is 0 Å². The molecule has 2 fully saturated rings. The first-order valence-electron chi connectivity index (χ1n) is 11.5. The molecule has 10 heteroatoms. The lowest BCUT2D eigenvalue weighted by molar-refractivity contribution is -0.686. The molecule has 1 atom stereocenters. The zero-order valence-corrected chi connectivity index (χ0v) is 19.6. The number of morpholine rings is 1. The Kier molecular flexibility index (Phi) is 6.29. The zero-order valence-electron chi connectivity index (χ0n) is 19.6. The Morgan fingerprint density at radius 3 is 2.73 bits per heavy atom. The molecule has 0 radical (unpaired) electrons. The summed E-state index contributed by atoms with van der Waals surface area (Å²) in [5.74, 6) is -0.960. The second kappa shape index (κ2) is 9.01. The zero-order chi connectivity index (χ0) is 23.9. The van der Waals surface area contributed by atoms with Crippen molar-refractivity contribution in [2.45, 2.75) is 59.2 Å². The van der Waals surface area contributed by atoms with Crippen molar-refractivity contribution in [2.24, 2.45) is 5.92 Å². The van der Waals surface area contributed by atoms with Crippen LogP contribution in [-0.4, -0.2) is 63.3 Å². The summed E-state index contributed by atoms with van der Waals surface area (Å²) in [6, 6.07) is 0.0260. The molecule has 1 saturated carbocycles. The van der Waals surface area contributed by atoms with Gasteiger partial charge in [-0.15, -0.1) is 0 Å². The number of H-pyrrole nitrogens is 1. The van der Waals surface area contributed by atoms with Crippen molar-refractivity contribution in [1.82, 2.24) is 19.8 Å². The summed E-state index contributed by atoms with van der Waals surface area (Å²) in [7, 11) is 0. The average molecular weight is 459 g/mol. The van der Waals surface area contributed by atoms with Crippen LogP contribution in [-0.2, 0) is 16.1 Å². The van der Waals surface area contributed by atoms with E-state index in [4.69, 9.17) is 4.74 Å². The second-order valence-corrected chi connectivity index (χ2v) is 9.35. The highest BCUT2D eigenvalue weighted by molar-refractivity contribution is 5.96. The number of nitrogens with one attached hydrogen (secondary N) is 2. The average Bonchev–Trinajstić information content (AvgIpc) is 3.50. The third-order valence-corrected chi connectivity index (χ3v) is 6.02. The second-order valence-electron chi connectivity index (χ2n) is 9.35. The molecule has 2 aromatic heterocycles. The van der Waals surface area contributed by atoms with Gasteiger partial charge in [-0.25, -0.2) is 9.89 Å². The summed E-state index contributed by atoms with van der Waals surface area (Å²) in [6.45, 7) is 9.58. The standard InChI is InChI=1S/C23H31N5O5/c1-13(2)11-27-21-17(7-8-18(29)26-9-10-33-12-14(26)3)15(4)25-28(21)23(32)19(22(27)31)20(30)24-16-5-6-16/h7-8,13-14,16H,5-6,9-12H2,1-4H3,(H2,24,30,31,32)/p+1/b8-7+/t14-/m1/s1. The smallest absolute Gasteiger partial charge is 0.378 e. The van der Waals surface area contributed by atoms with Crippen LogP contribution >= 0.6 is 0 Å². The minimum absolute atomic E-state index is 0.0231. The lowest BCUT2D eigenvalue weighted by atomic mass is 10.1. The number of hydrogen-bond acceptors (Lipinski definition) is 5. The molecular weight excluding hydrogens is 426 g/mol. The van der Waals surface area contributed by atoms with Crippen LogP contribution in [0.15, 0.2) is 10.9 Å². The molecule has 2 aliphatic rings. The number of rotatable bonds is 6.